The van der Waals surface area contributed by atoms with Gasteiger partial charge in [0.2, 0.25) is 5.95 Å². The molecular weight excluding hydrogens is 392 g/mol. The van der Waals surface area contributed by atoms with Gasteiger partial charge in [0.15, 0.2) is 0 Å². The van der Waals surface area contributed by atoms with Crippen LogP contribution < -0.4 is 10.6 Å². The van der Waals surface area contributed by atoms with Gasteiger partial charge in [0.05, 0.1) is 29.5 Å². The SMILES string of the molecule is O=C(NC1[C@@H]2CC3C[C@H]1CC(O)(C3)C2)c1cnc(N[C@H]2CCOC2)nc1C1CCCC1. The quantitative estimate of drug-likeness (QED) is 0.670. The molecule has 0 spiro atoms. The van der Waals surface area contributed by atoms with E-state index in [-0.39, 0.29) is 18.0 Å². The van der Waals surface area contributed by atoms with Gasteiger partial charge >= 0.3 is 0 Å². The van der Waals surface area contributed by atoms with Crippen molar-refractivity contribution in [2.24, 2.45) is 17.8 Å². The van der Waals surface area contributed by atoms with Gasteiger partial charge in [-0.2, -0.15) is 0 Å². The van der Waals surface area contributed by atoms with Crippen molar-refractivity contribution in [3.05, 3.63) is 17.5 Å². The molecule has 3 N–H and O–H groups in total. The highest BCUT2D eigenvalue weighted by molar-refractivity contribution is 5.95. The number of hydrogen-bond donors (Lipinski definition) is 3. The minimum atomic E-state index is -0.479. The summed E-state index contributed by atoms with van der Waals surface area (Å²) in [6.45, 7) is 1.45. The molecule has 1 amide bonds. The van der Waals surface area contributed by atoms with E-state index < -0.39 is 5.60 Å². The van der Waals surface area contributed by atoms with Crippen LogP contribution in [0.15, 0.2) is 6.20 Å². The minimum Gasteiger partial charge on any atom is -0.390 e. The number of nitrogens with zero attached hydrogens (tertiary/aromatic N) is 2. The fourth-order valence-electron chi connectivity index (χ4n) is 7.43. The molecule has 7 rings (SSSR count). The molecule has 4 bridgehead atoms. The highest BCUT2D eigenvalue weighted by atomic mass is 16.5. The first-order valence-electron chi connectivity index (χ1n) is 12.3. The standard InChI is InChI=1S/C24H34N4O3/c29-22(27-20-16-7-14-8-17(20)11-24(30,9-14)10-16)19-12-25-23(26-18-5-6-31-13-18)28-21(19)15-3-1-2-4-15/h12,14-18,20,30H,1-11,13H2,(H,27,29)(H,25,26,28)/t14?,16-,17+,18-,20?,24?/m0/s1. The average molecular weight is 427 g/mol. The number of amides is 1. The predicted molar refractivity (Wildman–Crippen MR) is 116 cm³/mol. The first-order chi connectivity index (χ1) is 15.1. The number of anilines is 1. The third-order valence-corrected chi connectivity index (χ3v) is 8.61. The Morgan fingerprint density at radius 3 is 2.58 bits per heavy atom. The summed E-state index contributed by atoms with van der Waals surface area (Å²) in [4.78, 5) is 22.8. The summed E-state index contributed by atoms with van der Waals surface area (Å²) >= 11 is 0. The lowest BCUT2D eigenvalue weighted by atomic mass is 9.52. The summed E-state index contributed by atoms with van der Waals surface area (Å²) in [5.74, 6) is 2.37. The van der Waals surface area contributed by atoms with E-state index in [1.165, 1.54) is 12.8 Å². The molecule has 1 aromatic heterocycles. The molecule has 5 saturated carbocycles. The Labute approximate surface area is 183 Å². The van der Waals surface area contributed by atoms with Crippen LogP contribution >= 0.6 is 0 Å². The molecule has 5 aliphatic carbocycles. The van der Waals surface area contributed by atoms with Crippen LogP contribution in [0.3, 0.4) is 0 Å². The van der Waals surface area contributed by atoms with Crippen LogP contribution in [0.2, 0.25) is 0 Å². The predicted octanol–water partition coefficient (Wildman–Crippen LogP) is 3.00. The number of nitrogens with one attached hydrogen (secondary N) is 2. The van der Waals surface area contributed by atoms with E-state index in [2.05, 4.69) is 15.6 Å². The Morgan fingerprint density at radius 1 is 1.13 bits per heavy atom. The Balaban J connectivity index is 1.23. The zero-order valence-electron chi connectivity index (χ0n) is 18.2. The van der Waals surface area contributed by atoms with Crippen LogP contribution in [0.25, 0.3) is 0 Å². The molecule has 2 heterocycles. The van der Waals surface area contributed by atoms with Gasteiger partial charge in [0, 0.05) is 24.8 Å². The van der Waals surface area contributed by atoms with Gasteiger partial charge in [-0.15, -0.1) is 0 Å². The van der Waals surface area contributed by atoms with Gasteiger partial charge in [-0.3, -0.25) is 4.79 Å². The van der Waals surface area contributed by atoms with Crippen LogP contribution in [0.4, 0.5) is 5.95 Å². The van der Waals surface area contributed by atoms with Gasteiger partial charge in [-0.25, -0.2) is 9.97 Å². The summed E-state index contributed by atoms with van der Waals surface area (Å²) in [5.41, 5.74) is 1.08. The molecule has 3 unspecified atom stereocenters. The number of ether oxygens (including phenoxy) is 1. The van der Waals surface area contributed by atoms with Crippen LogP contribution in [0.1, 0.15) is 86.2 Å². The van der Waals surface area contributed by atoms with Crippen molar-refractivity contribution in [1.82, 2.24) is 15.3 Å². The minimum absolute atomic E-state index is 0.0258. The van der Waals surface area contributed by atoms with Crippen molar-refractivity contribution in [2.45, 2.75) is 87.8 Å². The molecule has 1 aliphatic heterocycles. The van der Waals surface area contributed by atoms with E-state index in [4.69, 9.17) is 9.72 Å². The van der Waals surface area contributed by atoms with Crippen molar-refractivity contribution >= 4 is 11.9 Å². The van der Waals surface area contributed by atoms with E-state index in [9.17, 15) is 9.90 Å². The maximum absolute atomic E-state index is 13.5. The molecule has 7 heteroatoms. The smallest absolute Gasteiger partial charge is 0.254 e. The number of carbonyl (C=O) groups is 1. The lowest BCUT2D eigenvalue weighted by Crippen LogP contribution is -2.61. The largest absolute Gasteiger partial charge is 0.390 e. The van der Waals surface area contributed by atoms with Crippen molar-refractivity contribution in [2.75, 3.05) is 18.5 Å². The average Bonchev–Trinajstić information content (AvgIpc) is 3.43. The van der Waals surface area contributed by atoms with E-state index in [0.29, 0.717) is 41.8 Å². The van der Waals surface area contributed by atoms with E-state index in [1.807, 2.05) is 0 Å². The third kappa shape index (κ3) is 3.74. The number of aromatic nitrogens is 2. The van der Waals surface area contributed by atoms with Gasteiger partial charge in [0.1, 0.15) is 0 Å². The van der Waals surface area contributed by atoms with E-state index in [1.54, 1.807) is 6.20 Å². The Morgan fingerprint density at radius 2 is 1.90 bits per heavy atom. The van der Waals surface area contributed by atoms with Crippen LogP contribution in [-0.2, 0) is 4.74 Å². The molecule has 0 aromatic carbocycles. The molecule has 6 atom stereocenters. The molecule has 1 aromatic rings. The van der Waals surface area contributed by atoms with Crippen LogP contribution in [-0.4, -0.2) is 51.9 Å². The maximum Gasteiger partial charge on any atom is 0.254 e. The molecule has 6 fully saturated rings. The van der Waals surface area contributed by atoms with E-state index >= 15 is 0 Å². The maximum atomic E-state index is 13.5. The molecular formula is C24H34N4O3. The second-order valence-corrected chi connectivity index (χ2v) is 10.9. The highest BCUT2D eigenvalue weighted by Gasteiger charge is 2.55. The normalized spacial score (nSPS) is 39.2. The summed E-state index contributed by atoms with van der Waals surface area (Å²) in [6.07, 6.45) is 12.2. The summed E-state index contributed by atoms with van der Waals surface area (Å²) < 4.78 is 5.46. The zero-order valence-corrected chi connectivity index (χ0v) is 18.2. The fourth-order valence-corrected chi connectivity index (χ4v) is 7.43. The summed E-state index contributed by atoms with van der Waals surface area (Å²) in [7, 11) is 0. The molecule has 7 nitrogen and oxygen atoms in total. The number of rotatable bonds is 5. The lowest BCUT2D eigenvalue weighted by Gasteiger charge is -2.58. The summed E-state index contributed by atoms with van der Waals surface area (Å²) in [5, 5.41) is 17.6. The van der Waals surface area contributed by atoms with Crippen molar-refractivity contribution in [3.8, 4) is 0 Å². The van der Waals surface area contributed by atoms with Gasteiger partial charge in [0.25, 0.3) is 5.91 Å². The summed E-state index contributed by atoms with van der Waals surface area (Å²) in [6, 6.07) is 0.421. The molecule has 6 aliphatic rings. The number of carbonyl (C=O) groups excluding carboxylic acids is 1. The number of hydrogen-bond acceptors (Lipinski definition) is 6. The van der Waals surface area contributed by atoms with Crippen molar-refractivity contribution < 1.29 is 14.6 Å². The highest BCUT2D eigenvalue weighted by Crippen LogP contribution is 2.55. The Bertz CT molecular complexity index is 833. The van der Waals surface area contributed by atoms with Crippen molar-refractivity contribution in [3.63, 3.8) is 0 Å². The second kappa shape index (κ2) is 7.69. The number of aliphatic hydroxyl groups is 1. The van der Waals surface area contributed by atoms with Crippen molar-refractivity contribution in [1.29, 1.82) is 0 Å². The lowest BCUT2D eigenvalue weighted by molar-refractivity contribution is -0.136. The third-order valence-electron chi connectivity index (χ3n) is 8.61. The van der Waals surface area contributed by atoms with Crippen LogP contribution in [0.5, 0.6) is 0 Å². The molecule has 1 saturated heterocycles. The topological polar surface area (TPSA) is 96.4 Å². The fraction of sp³-hybridized carbons (Fsp3) is 0.792. The van der Waals surface area contributed by atoms with Gasteiger partial charge in [-0.05, 0) is 69.1 Å². The molecule has 31 heavy (non-hydrogen) atoms. The van der Waals surface area contributed by atoms with E-state index in [0.717, 1.165) is 63.7 Å². The molecule has 0 radical (unpaired) electrons. The monoisotopic (exact) mass is 426 g/mol. The Kier molecular flexibility index (Phi) is 4.94. The van der Waals surface area contributed by atoms with Crippen LogP contribution in [0, 0.1) is 17.8 Å². The van der Waals surface area contributed by atoms with Gasteiger partial charge in [-0.1, -0.05) is 12.8 Å². The molecule has 168 valence electrons. The zero-order chi connectivity index (χ0) is 21.0. The first kappa shape index (κ1) is 19.9. The second-order valence-electron chi connectivity index (χ2n) is 10.9. The first-order valence-corrected chi connectivity index (χ1v) is 12.3. The van der Waals surface area contributed by atoms with Gasteiger partial charge < -0.3 is 20.5 Å². The Hall–Kier alpha value is -1.73.